The van der Waals surface area contributed by atoms with Gasteiger partial charge in [-0.2, -0.15) is 0 Å². The van der Waals surface area contributed by atoms with Crippen molar-refractivity contribution in [2.75, 3.05) is 158 Å². The fourth-order valence-corrected chi connectivity index (χ4v) is 4.11. The molecule has 0 atom stereocenters. The molecule has 0 bridgehead atoms. The zero-order valence-electron chi connectivity index (χ0n) is 30.8. The number of imide groups is 1. The molecule has 0 aromatic heterocycles. The third kappa shape index (κ3) is 28.1. The molecular weight excluding hydrogens is 700 g/mol. The van der Waals surface area contributed by atoms with Gasteiger partial charge in [0.1, 0.15) is 6.61 Å². The average Bonchev–Trinajstić information content (AvgIpc) is 3.49. The number of amides is 3. The fraction of sp³-hybridized carbons (Fsp3) is 0.694. The largest absolute Gasteiger partial charge is 0.445 e. The van der Waals surface area contributed by atoms with Gasteiger partial charge in [-0.3, -0.25) is 14.5 Å². The van der Waals surface area contributed by atoms with Gasteiger partial charge in [-0.1, -0.05) is 30.3 Å². The summed E-state index contributed by atoms with van der Waals surface area (Å²) in [6.45, 7) is 10.6. The number of carbonyl (C=O) groups excluding carboxylic acids is 3. The van der Waals surface area contributed by atoms with E-state index in [2.05, 4.69) is 5.32 Å². The Morgan fingerprint density at radius 3 is 1.13 bits per heavy atom. The van der Waals surface area contributed by atoms with Gasteiger partial charge in [-0.25, -0.2) is 4.79 Å². The third-order valence-corrected chi connectivity index (χ3v) is 6.81. The topological polar surface area (TPSA) is 177 Å². The van der Waals surface area contributed by atoms with Crippen LogP contribution in [0.2, 0.25) is 0 Å². The maximum absolute atomic E-state index is 11.6. The molecule has 302 valence electrons. The molecule has 0 spiro atoms. The van der Waals surface area contributed by atoms with Gasteiger partial charge in [0.05, 0.1) is 152 Å². The number of alkyl carbamates (subject to hydrolysis) is 1. The first-order valence-electron chi connectivity index (χ1n) is 18.0. The van der Waals surface area contributed by atoms with Gasteiger partial charge in [0.25, 0.3) is 11.8 Å². The van der Waals surface area contributed by atoms with Crippen molar-refractivity contribution in [3.63, 3.8) is 0 Å². The minimum absolute atomic E-state index is 0.231. The van der Waals surface area contributed by atoms with E-state index in [1.165, 1.54) is 12.2 Å². The van der Waals surface area contributed by atoms with E-state index in [9.17, 15) is 14.4 Å². The van der Waals surface area contributed by atoms with Crippen LogP contribution in [-0.4, -0.2) is 181 Å². The van der Waals surface area contributed by atoms with Crippen molar-refractivity contribution >= 4 is 17.9 Å². The Bertz CT molecular complexity index is 1050. The monoisotopic (exact) mass is 758 g/mol. The Morgan fingerprint density at radius 1 is 0.453 bits per heavy atom. The van der Waals surface area contributed by atoms with Crippen LogP contribution in [0, 0.1) is 0 Å². The lowest BCUT2D eigenvalue weighted by Gasteiger charge is -2.13. The van der Waals surface area contributed by atoms with Gasteiger partial charge < -0.3 is 62.2 Å². The Morgan fingerprint density at radius 2 is 0.774 bits per heavy atom. The summed E-state index contributed by atoms with van der Waals surface area (Å²) in [6.07, 6.45) is 2.03. The highest BCUT2D eigenvalue weighted by molar-refractivity contribution is 6.12. The summed E-state index contributed by atoms with van der Waals surface area (Å²) < 4.78 is 65.0. The maximum Gasteiger partial charge on any atom is 0.407 e. The van der Waals surface area contributed by atoms with E-state index in [0.29, 0.717) is 145 Å². The first-order chi connectivity index (χ1) is 26.2. The average molecular weight is 759 g/mol. The van der Waals surface area contributed by atoms with Crippen molar-refractivity contribution in [2.45, 2.75) is 6.61 Å². The van der Waals surface area contributed by atoms with Gasteiger partial charge in [0.15, 0.2) is 0 Å². The van der Waals surface area contributed by atoms with Crippen LogP contribution in [0.1, 0.15) is 5.56 Å². The van der Waals surface area contributed by atoms with Crippen molar-refractivity contribution in [2.24, 2.45) is 0 Å². The highest BCUT2D eigenvalue weighted by Gasteiger charge is 2.22. The van der Waals surface area contributed by atoms with Gasteiger partial charge in [0, 0.05) is 18.7 Å². The summed E-state index contributed by atoms with van der Waals surface area (Å²) in [5.74, 6) is -0.622. The number of nitrogens with one attached hydrogen (secondary N) is 1. The number of hydrogen-bond donors (Lipinski definition) is 1. The van der Waals surface area contributed by atoms with Crippen LogP contribution in [0.25, 0.3) is 0 Å². The SMILES string of the molecule is O=C(NCCOCCOCCOCCOCCOCCOCCOCCOCCOCCOCCOCCN1C(=O)C=CC1=O)OCc1ccccc1. The summed E-state index contributed by atoms with van der Waals surface area (Å²) in [5.41, 5.74) is 0.932. The Hall–Kier alpha value is -3.07. The van der Waals surface area contributed by atoms with Crippen LogP contribution >= 0.6 is 0 Å². The molecule has 17 nitrogen and oxygen atoms in total. The number of nitrogens with zero attached hydrogens (tertiary/aromatic N) is 1. The second kappa shape index (κ2) is 34.7. The number of benzene rings is 1. The lowest BCUT2D eigenvalue weighted by Crippen LogP contribution is -2.33. The van der Waals surface area contributed by atoms with Gasteiger partial charge in [-0.05, 0) is 5.56 Å². The fourth-order valence-electron chi connectivity index (χ4n) is 4.11. The Labute approximate surface area is 312 Å². The normalized spacial score (nSPS) is 12.6. The van der Waals surface area contributed by atoms with E-state index in [0.717, 1.165) is 10.5 Å². The Balaban J connectivity index is 1.14. The van der Waals surface area contributed by atoms with Gasteiger partial charge in [0.2, 0.25) is 0 Å². The standard InChI is InChI=1S/C36H58N2O15/c39-34-6-7-35(40)38(34)9-11-43-13-15-45-17-19-47-21-23-49-25-27-51-29-31-52-30-28-50-26-24-48-22-20-46-18-16-44-14-12-42-10-8-37-36(41)53-32-33-4-2-1-3-5-33/h1-7H,8-32H2,(H,37,41). The van der Waals surface area contributed by atoms with Crippen molar-refractivity contribution in [3.8, 4) is 0 Å². The number of rotatable bonds is 38. The zero-order chi connectivity index (χ0) is 37.7. The van der Waals surface area contributed by atoms with Crippen LogP contribution in [0.15, 0.2) is 42.5 Å². The predicted octanol–water partition coefficient (Wildman–Crippen LogP) is 1.02. The molecule has 1 aromatic rings. The van der Waals surface area contributed by atoms with Crippen LogP contribution in [-0.2, 0) is 73.0 Å². The van der Waals surface area contributed by atoms with E-state index >= 15 is 0 Å². The van der Waals surface area contributed by atoms with E-state index in [4.69, 9.17) is 56.8 Å². The molecule has 17 heteroatoms. The summed E-state index contributed by atoms with van der Waals surface area (Å²) in [4.78, 5) is 35.6. The molecule has 2 rings (SSSR count). The van der Waals surface area contributed by atoms with E-state index in [-0.39, 0.29) is 31.6 Å². The third-order valence-electron chi connectivity index (χ3n) is 6.81. The molecule has 0 unspecified atom stereocenters. The molecule has 0 radical (unpaired) electrons. The predicted molar refractivity (Wildman–Crippen MR) is 189 cm³/mol. The maximum atomic E-state index is 11.6. The lowest BCUT2D eigenvalue weighted by molar-refractivity contribution is -0.137. The van der Waals surface area contributed by atoms with Crippen molar-refractivity contribution < 1.29 is 71.2 Å². The number of ether oxygens (including phenoxy) is 12. The first kappa shape index (κ1) is 46.1. The molecule has 1 N–H and O–H groups in total. The second-order valence-electron chi connectivity index (χ2n) is 10.9. The van der Waals surface area contributed by atoms with E-state index < -0.39 is 6.09 Å². The van der Waals surface area contributed by atoms with Crippen molar-refractivity contribution in [1.82, 2.24) is 10.2 Å². The van der Waals surface area contributed by atoms with Crippen LogP contribution in [0.5, 0.6) is 0 Å². The van der Waals surface area contributed by atoms with Crippen LogP contribution < -0.4 is 5.32 Å². The summed E-state index contributed by atoms with van der Waals surface area (Å²) in [7, 11) is 0. The molecular formula is C36H58N2O15. The summed E-state index contributed by atoms with van der Waals surface area (Å²) in [5, 5.41) is 2.64. The number of carbonyl (C=O) groups is 3. The summed E-state index contributed by atoms with van der Waals surface area (Å²) >= 11 is 0. The second-order valence-corrected chi connectivity index (χ2v) is 10.9. The molecule has 1 aliphatic rings. The van der Waals surface area contributed by atoms with Crippen molar-refractivity contribution in [3.05, 3.63) is 48.0 Å². The zero-order valence-corrected chi connectivity index (χ0v) is 30.8. The summed E-state index contributed by atoms with van der Waals surface area (Å²) in [6, 6.07) is 9.49. The first-order valence-corrected chi connectivity index (χ1v) is 18.0. The molecule has 0 aliphatic carbocycles. The van der Waals surface area contributed by atoms with E-state index in [1.807, 2.05) is 30.3 Å². The number of hydrogen-bond acceptors (Lipinski definition) is 15. The van der Waals surface area contributed by atoms with Gasteiger partial charge >= 0.3 is 6.09 Å². The van der Waals surface area contributed by atoms with Crippen LogP contribution in [0.3, 0.4) is 0 Å². The van der Waals surface area contributed by atoms with Crippen molar-refractivity contribution in [1.29, 1.82) is 0 Å². The van der Waals surface area contributed by atoms with Gasteiger partial charge in [-0.15, -0.1) is 0 Å². The van der Waals surface area contributed by atoms with E-state index in [1.54, 1.807) is 0 Å². The quantitative estimate of drug-likeness (QED) is 0.0747. The molecule has 0 saturated heterocycles. The minimum Gasteiger partial charge on any atom is -0.445 e. The molecule has 0 fully saturated rings. The highest BCUT2D eigenvalue weighted by Crippen LogP contribution is 2.02. The molecule has 53 heavy (non-hydrogen) atoms. The highest BCUT2D eigenvalue weighted by atomic mass is 16.6. The molecule has 0 saturated carbocycles. The molecule has 1 aliphatic heterocycles. The Kier molecular flexibility index (Phi) is 30.2. The molecule has 3 amide bonds. The van der Waals surface area contributed by atoms with Crippen LogP contribution in [0.4, 0.5) is 4.79 Å². The molecule has 1 aromatic carbocycles. The smallest absolute Gasteiger partial charge is 0.407 e. The minimum atomic E-state index is -0.475. The molecule has 1 heterocycles. The lowest BCUT2D eigenvalue weighted by atomic mass is 10.2.